The molecule has 0 spiro atoms. The smallest absolute Gasteiger partial charge is 0.340 e. The molecule has 110 valence electrons. The summed E-state index contributed by atoms with van der Waals surface area (Å²) in [5.41, 5.74) is 1.86. The van der Waals surface area contributed by atoms with Crippen molar-refractivity contribution in [3.05, 3.63) is 62.6 Å². The fraction of sp³-hybridized carbons (Fsp3) is 0.133. The lowest BCUT2D eigenvalue weighted by Crippen LogP contribution is -2.08. The first-order chi connectivity index (χ1) is 10.0. The van der Waals surface area contributed by atoms with E-state index < -0.39 is 5.97 Å². The predicted octanol–water partition coefficient (Wildman–Crippen LogP) is 5.05. The van der Waals surface area contributed by atoms with E-state index >= 15 is 0 Å². The molecule has 0 aliphatic rings. The van der Waals surface area contributed by atoms with Gasteiger partial charge in [-0.25, -0.2) is 4.79 Å². The highest BCUT2D eigenvalue weighted by Crippen LogP contribution is 2.25. The molecule has 3 nitrogen and oxygen atoms in total. The van der Waals surface area contributed by atoms with Gasteiger partial charge in [-0.15, -0.1) is 0 Å². The van der Waals surface area contributed by atoms with Crippen LogP contribution in [0.25, 0.3) is 0 Å². The molecule has 0 saturated heterocycles. The standard InChI is InChI=1S/C15H12Cl3NO2/c1-21-15(20)12-6-10(16)4-5-14(12)19-8-9-2-3-11(17)7-13(9)18/h2-7,19H,8H2,1H3. The Morgan fingerprint density at radius 2 is 1.76 bits per heavy atom. The molecule has 1 N–H and O–H groups in total. The summed E-state index contributed by atoms with van der Waals surface area (Å²) in [6, 6.07) is 10.2. The maximum atomic E-state index is 11.7. The Bertz CT molecular complexity index is 674. The van der Waals surface area contributed by atoms with Crippen LogP contribution in [-0.2, 0) is 11.3 Å². The molecule has 0 heterocycles. The van der Waals surface area contributed by atoms with Gasteiger partial charge in [0.05, 0.1) is 12.7 Å². The van der Waals surface area contributed by atoms with E-state index in [1.807, 2.05) is 6.07 Å². The second-order valence-electron chi connectivity index (χ2n) is 4.27. The van der Waals surface area contributed by atoms with Gasteiger partial charge < -0.3 is 10.1 Å². The van der Waals surface area contributed by atoms with Crippen molar-refractivity contribution in [3.63, 3.8) is 0 Å². The quantitative estimate of drug-likeness (QED) is 0.789. The number of ether oxygens (including phenoxy) is 1. The first-order valence-corrected chi connectivity index (χ1v) is 7.20. The number of halogens is 3. The topological polar surface area (TPSA) is 38.3 Å². The van der Waals surface area contributed by atoms with Gasteiger partial charge >= 0.3 is 5.97 Å². The molecule has 0 unspecified atom stereocenters. The second kappa shape index (κ2) is 7.03. The molecule has 0 radical (unpaired) electrons. The van der Waals surface area contributed by atoms with Crippen LogP contribution >= 0.6 is 34.8 Å². The zero-order chi connectivity index (χ0) is 15.4. The molecular weight excluding hydrogens is 333 g/mol. The Morgan fingerprint density at radius 3 is 2.43 bits per heavy atom. The number of methoxy groups -OCH3 is 1. The average Bonchev–Trinajstić information content (AvgIpc) is 2.46. The van der Waals surface area contributed by atoms with Crippen LogP contribution < -0.4 is 5.32 Å². The highest BCUT2D eigenvalue weighted by molar-refractivity contribution is 6.35. The van der Waals surface area contributed by atoms with E-state index in [9.17, 15) is 4.79 Å². The van der Waals surface area contributed by atoms with E-state index in [-0.39, 0.29) is 0 Å². The van der Waals surface area contributed by atoms with Crippen molar-refractivity contribution in [3.8, 4) is 0 Å². The molecule has 0 saturated carbocycles. The summed E-state index contributed by atoms with van der Waals surface area (Å²) in [5, 5.41) is 4.74. The number of esters is 1. The van der Waals surface area contributed by atoms with Crippen LogP contribution in [0.15, 0.2) is 36.4 Å². The molecular formula is C15H12Cl3NO2. The molecule has 6 heteroatoms. The van der Waals surface area contributed by atoms with E-state index in [2.05, 4.69) is 5.32 Å². The fourth-order valence-corrected chi connectivity index (χ4v) is 2.45. The van der Waals surface area contributed by atoms with Gasteiger partial charge in [0.15, 0.2) is 0 Å². The minimum atomic E-state index is -0.456. The third-order valence-electron chi connectivity index (χ3n) is 2.87. The third-order valence-corrected chi connectivity index (χ3v) is 3.69. The third kappa shape index (κ3) is 4.03. The van der Waals surface area contributed by atoms with Crippen LogP contribution in [0.1, 0.15) is 15.9 Å². The molecule has 0 bridgehead atoms. The summed E-state index contributed by atoms with van der Waals surface area (Å²) >= 11 is 17.9. The van der Waals surface area contributed by atoms with E-state index in [1.165, 1.54) is 7.11 Å². The van der Waals surface area contributed by atoms with Gasteiger partial charge in [-0.05, 0) is 35.9 Å². The maximum Gasteiger partial charge on any atom is 0.340 e. The van der Waals surface area contributed by atoms with Gasteiger partial charge in [-0.3, -0.25) is 0 Å². The molecule has 21 heavy (non-hydrogen) atoms. The number of carbonyl (C=O) groups excluding carboxylic acids is 1. The first-order valence-electron chi connectivity index (χ1n) is 6.07. The first kappa shape index (κ1) is 16.0. The van der Waals surface area contributed by atoms with Gasteiger partial charge in [0, 0.05) is 27.3 Å². The van der Waals surface area contributed by atoms with Crippen LogP contribution in [0.5, 0.6) is 0 Å². The largest absolute Gasteiger partial charge is 0.465 e. The predicted molar refractivity (Wildman–Crippen MR) is 86.6 cm³/mol. The van der Waals surface area contributed by atoms with Crippen LogP contribution in [0.3, 0.4) is 0 Å². The molecule has 0 aliphatic heterocycles. The summed E-state index contributed by atoms with van der Waals surface area (Å²) in [6.07, 6.45) is 0. The van der Waals surface area contributed by atoms with Crippen LogP contribution in [0, 0.1) is 0 Å². The van der Waals surface area contributed by atoms with Crippen molar-refractivity contribution in [1.29, 1.82) is 0 Å². The highest BCUT2D eigenvalue weighted by Gasteiger charge is 2.12. The molecule has 0 aliphatic carbocycles. The number of hydrogen-bond donors (Lipinski definition) is 1. The fourth-order valence-electron chi connectivity index (χ4n) is 1.80. The van der Waals surface area contributed by atoms with Crippen LogP contribution in [-0.4, -0.2) is 13.1 Å². The van der Waals surface area contributed by atoms with Crippen molar-refractivity contribution in [1.82, 2.24) is 0 Å². The average molecular weight is 345 g/mol. The summed E-state index contributed by atoms with van der Waals surface area (Å²) in [5.74, 6) is -0.456. The molecule has 2 aromatic carbocycles. The minimum absolute atomic E-state index is 0.370. The summed E-state index contributed by atoms with van der Waals surface area (Å²) < 4.78 is 4.74. The number of rotatable bonds is 4. The van der Waals surface area contributed by atoms with Crippen LogP contribution in [0.2, 0.25) is 15.1 Å². The highest BCUT2D eigenvalue weighted by atomic mass is 35.5. The number of nitrogens with one attached hydrogen (secondary N) is 1. The summed E-state index contributed by atoms with van der Waals surface area (Å²) in [4.78, 5) is 11.7. The normalized spacial score (nSPS) is 10.3. The number of anilines is 1. The zero-order valence-corrected chi connectivity index (χ0v) is 13.4. The SMILES string of the molecule is COC(=O)c1cc(Cl)ccc1NCc1ccc(Cl)cc1Cl. The van der Waals surface area contributed by atoms with Gasteiger partial charge in [0.1, 0.15) is 0 Å². The van der Waals surface area contributed by atoms with Gasteiger partial charge in [-0.2, -0.15) is 0 Å². The second-order valence-corrected chi connectivity index (χ2v) is 5.55. The van der Waals surface area contributed by atoms with Crippen molar-refractivity contribution in [2.45, 2.75) is 6.54 Å². The zero-order valence-electron chi connectivity index (χ0n) is 11.1. The van der Waals surface area contributed by atoms with Crippen molar-refractivity contribution in [2.24, 2.45) is 0 Å². The Hall–Kier alpha value is -1.42. The lowest BCUT2D eigenvalue weighted by Gasteiger charge is -2.12. The van der Waals surface area contributed by atoms with Crippen LogP contribution in [0.4, 0.5) is 5.69 Å². The minimum Gasteiger partial charge on any atom is -0.465 e. The summed E-state index contributed by atoms with van der Waals surface area (Å²) in [6.45, 7) is 0.446. The molecule has 0 amide bonds. The number of hydrogen-bond acceptors (Lipinski definition) is 3. The molecule has 0 atom stereocenters. The Kier molecular flexibility index (Phi) is 5.34. The van der Waals surface area contributed by atoms with Gasteiger partial charge in [0.2, 0.25) is 0 Å². The number of benzene rings is 2. The monoisotopic (exact) mass is 343 g/mol. The Balaban J connectivity index is 2.21. The van der Waals surface area contributed by atoms with Gasteiger partial charge in [-0.1, -0.05) is 40.9 Å². The molecule has 2 aromatic rings. The van der Waals surface area contributed by atoms with Crippen molar-refractivity contribution < 1.29 is 9.53 Å². The summed E-state index contributed by atoms with van der Waals surface area (Å²) in [7, 11) is 1.32. The number of carbonyl (C=O) groups is 1. The van der Waals surface area contributed by atoms with Gasteiger partial charge in [0.25, 0.3) is 0 Å². The lowest BCUT2D eigenvalue weighted by atomic mass is 10.1. The maximum absolute atomic E-state index is 11.7. The van der Waals surface area contributed by atoms with Crippen molar-refractivity contribution in [2.75, 3.05) is 12.4 Å². The molecule has 2 rings (SSSR count). The van der Waals surface area contributed by atoms with Crippen molar-refractivity contribution >= 4 is 46.5 Å². The Morgan fingerprint density at radius 1 is 1.10 bits per heavy atom. The van der Waals surface area contributed by atoms with E-state index in [4.69, 9.17) is 39.5 Å². The van der Waals surface area contributed by atoms with E-state index in [1.54, 1.807) is 30.3 Å². The van der Waals surface area contributed by atoms with E-state index in [0.717, 1.165) is 5.56 Å². The lowest BCUT2D eigenvalue weighted by molar-refractivity contribution is 0.0602. The molecule has 0 aromatic heterocycles. The van der Waals surface area contributed by atoms with E-state index in [0.29, 0.717) is 32.9 Å². The molecule has 0 fully saturated rings. The Labute approximate surface area is 137 Å².